The maximum Gasteiger partial charge on any atom is 0.350 e. The van der Waals surface area contributed by atoms with Crippen LogP contribution < -0.4 is 20.8 Å². The van der Waals surface area contributed by atoms with E-state index in [2.05, 4.69) is 56.4 Å². The van der Waals surface area contributed by atoms with Crippen LogP contribution in [0.2, 0.25) is 0 Å². The van der Waals surface area contributed by atoms with Gasteiger partial charge in [0, 0.05) is 49.9 Å². The zero-order valence-corrected chi connectivity index (χ0v) is 19.3. The van der Waals surface area contributed by atoms with E-state index in [9.17, 15) is 9.59 Å². The van der Waals surface area contributed by atoms with E-state index >= 15 is 0 Å². The number of hydrogen-bond donors (Lipinski definition) is 1. The van der Waals surface area contributed by atoms with Crippen molar-refractivity contribution in [2.45, 2.75) is 13.5 Å². The van der Waals surface area contributed by atoms with Crippen molar-refractivity contribution >= 4 is 28.7 Å². The number of aromatic nitrogens is 4. The first-order chi connectivity index (χ1) is 17.0. The molecule has 4 aromatic rings. The van der Waals surface area contributed by atoms with Crippen molar-refractivity contribution in [3.63, 3.8) is 0 Å². The zero-order chi connectivity index (χ0) is 24.4. The number of nitrogens with zero attached hydrogens (tertiary/aromatic N) is 7. The smallest absolute Gasteiger partial charge is 0.350 e. The SMILES string of the molecule is Cc1ccc(N2CCN(c3nccn4c(=O)n(CC(=O)Nc5cccc(C#N)c5)nc34)CC2)cc1. The van der Waals surface area contributed by atoms with Crippen molar-refractivity contribution in [3.05, 3.63) is 82.5 Å². The molecule has 0 saturated carbocycles. The predicted molar refractivity (Wildman–Crippen MR) is 133 cm³/mol. The van der Waals surface area contributed by atoms with E-state index < -0.39 is 11.6 Å². The quantitative estimate of drug-likeness (QED) is 0.477. The predicted octanol–water partition coefficient (Wildman–Crippen LogP) is 2.04. The minimum atomic E-state index is -0.414. The summed E-state index contributed by atoms with van der Waals surface area (Å²) in [7, 11) is 0. The Morgan fingerprint density at radius 2 is 1.83 bits per heavy atom. The van der Waals surface area contributed by atoms with Gasteiger partial charge in [-0.2, -0.15) is 5.26 Å². The van der Waals surface area contributed by atoms with Gasteiger partial charge in [-0.15, -0.1) is 5.10 Å². The third-order valence-corrected chi connectivity index (χ3v) is 6.03. The molecule has 0 spiro atoms. The van der Waals surface area contributed by atoms with Crippen molar-refractivity contribution in [2.75, 3.05) is 41.3 Å². The molecule has 3 heterocycles. The van der Waals surface area contributed by atoms with Crippen LogP contribution in [0.15, 0.2) is 65.7 Å². The molecule has 1 fully saturated rings. The van der Waals surface area contributed by atoms with Crippen molar-refractivity contribution in [1.82, 2.24) is 19.2 Å². The van der Waals surface area contributed by atoms with Gasteiger partial charge in [-0.1, -0.05) is 23.8 Å². The Hall–Kier alpha value is -4.65. The number of piperazine rings is 1. The molecule has 10 nitrogen and oxygen atoms in total. The van der Waals surface area contributed by atoms with Crippen molar-refractivity contribution in [1.29, 1.82) is 5.26 Å². The van der Waals surface area contributed by atoms with Crippen LogP contribution in [0, 0.1) is 18.3 Å². The van der Waals surface area contributed by atoms with Gasteiger partial charge in [0.05, 0.1) is 11.6 Å². The van der Waals surface area contributed by atoms with Crippen LogP contribution in [-0.4, -0.2) is 51.3 Å². The monoisotopic (exact) mass is 468 g/mol. The van der Waals surface area contributed by atoms with Crippen LogP contribution in [-0.2, 0) is 11.3 Å². The molecular weight excluding hydrogens is 444 g/mol. The molecular formula is C25H24N8O2. The number of carbonyl (C=O) groups excluding carboxylic acids is 1. The van der Waals surface area contributed by atoms with Crippen LogP contribution in [0.1, 0.15) is 11.1 Å². The van der Waals surface area contributed by atoms with E-state index in [-0.39, 0.29) is 6.54 Å². The Morgan fingerprint density at radius 3 is 2.57 bits per heavy atom. The van der Waals surface area contributed by atoms with E-state index in [4.69, 9.17) is 5.26 Å². The van der Waals surface area contributed by atoms with Crippen molar-refractivity contribution < 1.29 is 4.79 Å². The number of carbonyl (C=O) groups is 1. The lowest BCUT2D eigenvalue weighted by molar-refractivity contribution is -0.117. The highest BCUT2D eigenvalue weighted by molar-refractivity contribution is 5.90. The molecule has 1 aliphatic rings. The summed E-state index contributed by atoms with van der Waals surface area (Å²) in [6.45, 7) is 4.93. The average Bonchev–Trinajstić information content (AvgIpc) is 3.19. The molecule has 1 N–H and O–H groups in total. The molecule has 1 aliphatic heterocycles. The van der Waals surface area contributed by atoms with E-state index in [0.717, 1.165) is 30.9 Å². The number of aryl methyl sites for hydroxylation is 1. The van der Waals surface area contributed by atoms with E-state index in [1.165, 1.54) is 15.7 Å². The van der Waals surface area contributed by atoms with Crippen LogP contribution in [0.5, 0.6) is 0 Å². The van der Waals surface area contributed by atoms with Crippen LogP contribution in [0.3, 0.4) is 0 Å². The number of amides is 1. The number of anilines is 3. The number of nitrogens with one attached hydrogen (secondary N) is 1. The summed E-state index contributed by atoms with van der Waals surface area (Å²) in [5, 5.41) is 16.2. The number of rotatable bonds is 5. The molecule has 2 aromatic heterocycles. The van der Waals surface area contributed by atoms with Crippen molar-refractivity contribution in [3.8, 4) is 6.07 Å². The minimum Gasteiger partial charge on any atom is -0.368 e. The summed E-state index contributed by atoms with van der Waals surface area (Å²) in [5.74, 6) is 0.209. The van der Waals surface area contributed by atoms with Gasteiger partial charge in [-0.25, -0.2) is 18.9 Å². The normalized spacial score (nSPS) is 13.6. The standard InChI is InChI=1S/C25H24N8O2/c1-18-5-7-21(8-6-18)30-11-13-31(14-12-30)23-24-29-33(25(35)32(24)10-9-27-23)17-22(34)28-20-4-2-3-19(15-20)16-26/h2-10,15H,11-14,17H2,1H3,(H,28,34). The fourth-order valence-corrected chi connectivity index (χ4v) is 4.20. The summed E-state index contributed by atoms with van der Waals surface area (Å²) < 4.78 is 2.55. The van der Waals surface area contributed by atoms with Gasteiger partial charge in [0.25, 0.3) is 0 Å². The molecule has 35 heavy (non-hydrogen) atoms. The maximum absolute atomic E-state index is 12.9. The molecule has 1 amide bonds. The third kappa shape index (κ3) is 4.56. The molecule has 10 heteroatoms. The first-order valence-electron chi connectivity index (χ1n) is 11.3. The third-order valence-electron chi connectivity index (χ3n) is 6.03. The molecule has 1 saturated heterocycles. The number of fused-ring (bicyclic) bond motifs is 1. The highest BCUT2D eigenvalue weighted by atomic mass is 16.2. The molecule has 5 rings (SSSR count). The van der Waals surface area contributed by atoms with Gasteiger partial charge in [0.1, 0.15) is 6.54 Å². The van der Waals surface area contributed by atoms with E-state index in [0.29, 0.717) is 22.7 Å². The molecule has 0 radical (unpaired) electrons. The molecule has 2 aromatic carbocycles. The van der Waals surface area contributed by atoms with E-state index in [1.54, 1.807) is 36.7 Å². The van der Waals surface area contributed by atoms with E-state index in [1.807, 2.05) is 6.07 Å². The summed E-state index contributed by atoms with van der Waals surface area (Å²) in [6.07, 6.45) is 3.14. The Morgan fingerprint density at radius 1 is 1.09 bits per heavy atom. The Balaban J connectivity index is 1.32. The summed E-state index contributed by atoms with van der Waals surface area (Å²) in [4.78, 5) is 34.4. The second-order valence-electron chi connectivity index (χ2n) is 8.44. The number of hydrogen-bond acceptors (Lipinski definition) is 7. The molecule has 0 unspecified atom stereocenters. The van der Waals surface area contributed by atoms with Crippen LogP contribution in [0.4, 0.5) is 17.2 Å². The lowest BCUT2D eigenvalue weighted by atomic mass is 10.2. The highest BCUT2D eigenvalue weighted by Gasteiger charge is 2.23. The fraction of sp³-hybridized carbons (Fsp3) is 0.240. The highest BCUT2D eigenvalue weighted by Crippen LogP contribution is 2.21. The lowest BCUT2D eigenvalue weighted by Crippen LogP contribution is -2.47. The number of nitriles is 1. The minimum absolute atomic E-state index is 0.252. The molecule has 0 bridgehead atoms. The topological polar surface area (TPSA) is 112 Å². The van der Waals surface area contributed by atoms with Gasteiger partial charge < -0.3 is 15.1 Å². The van der Waals surface area contributed by atoms with Crippen LogP contribution in [0.25, 0.3) is 5.65 Å². The lowest BCUT2D eigenvalue weighted by Gasteiger charge is -2.36. The van der Waals surface area contributed by atoms with Gasteiger partial charge >= 0.3 is 5.69 Å². The Bertz CT molecular complexity index is 1470. The maximum atomic E-state index is 12.9. The number of benzene rings is 2. The fourth-order valence-electron chi connectivity index (χ4n) is 4.20. The first-order valence-corrected chi connectivity index (χ1v) is 11.3. The van der Waals surface area contributed by atoms with Gasteiger partial charge in [0.2, 0.25) is 11.6 Å². The summed E-state index contributed by atoms with van der Waals surface area (Å²) in [6, 6.07) is 17.1. The average molecular weight is 469 g/mol. The second kappa shape index (κ2) is 9.30. The van der Waals surface area contributed by atoms with Crippen molar-refractivity contribution in [2.24, 2.45) is 0 Å². The van der Waals surface area contributed by atoms with Crippen LogP contribution >= 0.6 is 0 Å². The Labute approximate surface area is 201 Å². The molecule has 0 atom stereocenters. The zero-order valence-electron chi connectivity index (χ0n) is 19.3. The first kappa shape index (κ1) is 22.2. The summed E-state index contributed by atoms with van der Waals surface area (Å²) in [5.41, 5.74) is 3.34. The van der Waals surface area contributed by atoms with Gasteiger partial charge in [-0.3, -0.25) is 4.79 Å². The molecule has 176 valence electrons. The second-order valence-corrected chi connectivity index (χ2v) is 8.44. The summed E-state index contributed by atoms with van der Waals surface area (Å²) >= 11 is 0. The van der Waals surface area contributed by atoms with Gasteiger partial charge in [0.15, 0.2) is 5.82 Å². The largest absolute Gasteiger partial charge is 0.368 e. The molecule has 0 aliphatic carbocycles. The Kier molecular flexibility index (Phi) is 5.89. The van der Waals surface area contributed by atoms with Gasteiger partial charge in [-0.05, 0) is 37.3 Å².